The third-order valence-corrected chi connectivity index (χ3v) is 3.68. The van der Waals surface area contributed by atoms with Crippen LogP contribution in [0.3, 0.4) is 0 Å². The minimum Gasteiger partial charge on any atom is -0.354 e. The van der Waals surface area contributed by atoms with Gasteiger partial charge in [-0.15, -0.1) is 0 Å². The lowest BCUT2D eigenvalue weighted by Crippen LogP contribution is -1.85. The van der Waals surface area contributed by atoms with E-state index in [0.717, 1.165) is 32.2 Å². The predicted molar refractivity (Wildman–Crippen MR) is 80.8 cm³/mol. The quantitative estimate of drug-likeness (QED) is 0.734. The Hall–Kier alpha value is -2.05. The van der Waals surface area contributed by atoms with Crippen molar-refractivity contribution in [1.82, 2.24) is 4.98 Å². The first-order valence-electron chi connectivity index (χ1n) is 6.02. The van der Waals surface area contributed by atoms with Gasteiger partial charge in [0, 0.05) is 15.4 Å². The molecule has 0 bridgehead atoms. The van der Waals surface area contributed by atoms with Crippen molar-refractivity contribution < 1.29 is 0 Å². The van der Waals surface area contributed by atoms with Gasteiger partial charge in [0.15, 0.2) is 0 Å². The van der Waals surface area contributed by atoms with Gasteiger partial charge >= 0.3 is 0 Å². The highest BCUT2D eigenvalue weighted by atomic mass is 79.9. The Labute approximate surface area is 119 Å². The lowest BCUT2D eigenvalue weighted by atomic mass is 10.0. The second-order valence-electron chi connectivity index (χ2n) is 4.37. The van der Waals surface area contributed by atoms with Crippen LogP contribution in [0.1, 0.15) is 5.56 Å². The Morgan fingerprint density at radius 2 is 1.89 bits per heavy atom. The minimum atomic E-state index is 0.403. The van der Waals surface area contributed by atoms with Crippen LogP contribution >= 0.6 is 15.9 Å². The Morgan fingerprint density at radius 3 is 2.63 bits per heavy atom. The summed E-state index contributed by atoms with van der Waals surface area (Å²) in [4.78, 5) is 3.42. The van der Waals surface area contributed by atoms with E-state index in [2.05, 4.69) is 45.2 Å². The smallest absolute Gasteiger partial charge is 0.0670 e. The van der Waals surface area contributed by atoms with E-state index in [1.165, 1.54) is 0 Å². The molecule has 1 heterocycles. The van der Waals surface area contributed by atoms with Crippen LogP contribution in [0.4, 0.5) is 0 Å². The Kier molecular flexibility index (Phi) is 3.10. The summed E-state index contributed by atoms with van der Waals surface area (Å²) in [6.07, 6.45) is 0.403. The largest absolute Gasteiger partial charge is 0.354 e. The van der Waals surface area contributed by atoms with Crippen molar-refractivity contribution in [3.05, 3.63) is 58.6 Å². The van der Waals surface area contributed by atoms with E-state index in [0.29, 0.717) is 6.42 Å². The number of fused-ring (bicyclic) bond motifs is 1. The summed E-state index contributed by atoms with van der Waals surface area (Å²) in [5, 5.41) is 10.2. The second kappa shape index (κ2) is 4.91. The molecule has 0 unspecified atom stereocenters. The van der Waals surface area contributed by atoms with Gasteiger partial charge in [0.1, 0.15) is 0 Å². The molecule has 0 saturated heterocycles. The van der Waals surface area contributed by atoms with Crippen LogP contribution in [0, 0.1) is 11.3 Å². The van der Waals surface area contributed by atoms with Crippen LogP contribution in [-0.4, -0.2) is 4.98 Å². The molecule has 3 aromatic rings. The molecule has 0 atom stereocenters. The molecular formula is C16H11BrN2. The summed E-state index contributed by atoms with van der Waals surface area (Å²) in [7, 11) is 0. The number of nitrogens with one attached hydrogen (secondary N) is 1. The number of nitriles is 1. The topological polar surface area (TPSA) is 39.6 Å². The number of halogens is 1. The van der Waals surface area contributed by atoms with Gasteiger partial charge in [-0.2, -0.15) is 5.26 Å². The summed E-state index contributed by atoms with van der Waals surface area (Å²) in [5.41, 5.74) is 4.27. The predicted octanol–water partition coefficient (Wildman–Crippen LogP) is 4.66. The van der Waals surface area contributed by atoms with E-state index in [1.54, 1.807) is 0 Å². The lowest BCUT2D eigenvalue weighted by Gasteiger charge is -2.01. The summed E-state index contributed by atoms with van der Waals surface area (Å²) in [5.74, 6) is 0. The molecule has 19 heavy (non-hydrogen) atoms. The molecule has 0 fully saturated rings. The van der Waals surface area contributed by atoms with Crippen molar-refractivity contribution >= 4 is 26.8 Å². The molecule has 0 aliphatic heterocycles. The Bertz CT molecular complexity index is 767. The number of aromatic nitrogens is 1. The van der Waals surface area contributed by atoms with E-state index in [9.17, 15) is 0 Å². The van der Waals surface area contributed by atoms with Crippen LogP contribution in [0.25, 0.3) is 22.2 Å². The van der Waals surface area contributed by atoms with Gasteiger partial charge < -0.3 is 4.98 Å². The standard InChI is InChI=1S/C16H11BrN2/c17-12-6-7-15-14(10-12)13(8-9-18)16(19-15)11-4-2-1-3-5-11/h1-7,10,19H,8H2. The van der Waals surface area contributed by atoms with Crippen LogP contribution in [0.15, 0.2) is 53.0 Å². The number of hydrogen-bond acceptors (Lipinski definition) is 1. The van der Waals surface area contributed by atoms with E-state index < -0.39 is 0 Å². The van der Waals surface area contributed by atoms with Gasteiger partial charge in [-0.25, -0.2) is 0 Å². The fourth-order valence-electron chi connectivity index (χ4n) is 2.33. The van der Waals surface area contributed by atoms with Crippen LogP contribution in [0.2, 0.25) is 0 Å². The number of rotatable bonds is 2. The van der Waals surface area contributed by atoms with Crippen LogP contribution in [0.5, 0.6) is 0 Å². The lowest BCUT2D eigenvalue weighted by molar-refractivity contribution is 1.28. The molecule has 2 aromatic carbocycles. The molecular weight excluding hydrogens is 300 g/mol. The summed E-state index contributed by atoms with van der Waals surface area (Å²) < 4.78 is 1.03. The SMILES string of the molecule is N#CCc1c(-c2ccccc2)[nH]c2ccc(Br)cc12. The minimum absolute atomic E-state index is 0.403. The van der Waals surface area contributed by atoms with Crippen molar-refractivity contribution in [3.63, 3.8) is 0 Å². The summed E-state index contributed by atoms with van der Waals surface area (Å²) in [6.45, 7) is 0. The summed E-state index contributed by atoms with van der Waals surface area (Å²) >= 11 is 3.49. The second-order valence-corrected chi connectivity index (χ2v) is 5.29. The Morgan fingerprint density at radius 1 is 1.11 bits per heavy atom. The third-order valence-electron chi connectivity index (χ3n) is 3.19. The summed E-state index contributed by atoms with van der Waals surface area (Å²) in [6, 6.07) is 18.5. The molecule has 3 rings (SSSR count). The number of aromatic amines is 1. The van der Waals surface area contributed by atoms with E-state index in [-0.39, 0.29) is 0 Å². The van der Waals surface area contributed by atoms with E-state index >= 15 is 0 Å². The monoisotopic (exact) mass is 310 g/mol. The highest BCUT2D eigenvalue weighted by molar-refractivity contribution is 9.10. The first kappa shape index (κ1) is 12.0. The maximum atomic E-state index is 9.06. The fourth-order valence-corrected chi connectivity index (χ4v) is 2.69. The number of hydrogen-bond donors (Lipinski definition) is 1. The average molecular weight is 311 g/mol. The molecule has 2 nitrogen and oxygen atoms in total. The molecule has 0 radical (unpaired) electrons. The van der Waals surface area contributed by atoms with Crippen molar-refractivity contribution in [2.24, 2.45) is 0 Å². The number of H-pyrrole nitrogens is 1. The van der Waals surface area contributed by atoms with Gasteiger partial charge in [0.2, 0.25) is 0 Å². The molecule has 0 aliphatic rings. The highest BCUT2D eigenvalue weighted by Crippen LogP contribution is 2.32. The van der Waals surface area contributed by atoms with Gasteiger partial charge in [0.05, 0.1) is 18.2 Å². The van der Waals surface area contributed by atoms with Crippen LogP contribution < -0.4 is 0 Å². The van der Waals surface area contributed by atoms with E-state index in [4.69, 9.17) is 5.26 Å². The average Bonchev–Trinajstić information content (AvgIpc) is 2.79. The van der Waals surface area contributed by atoms with Crippen molar-refractivity contribution in [1.29, 1.82) is 5.26 Å². The highest BCUT2D eigenvalue weighted by Gasteiger charge is 2.12. The molecule has 0 amide bonds. The maximum Gasteiger partial charge on any atom is 0.0670 e. The van der Waals surface area contributed by atoms with Gasteiger partial charge in [-0.05, 0) is 29.3 Å². The molecule has 1 N–H and O–H groups in total. The fraction of sp³-hybridized carbons (Fsp3) is 0.0625. The number of nitrogens with zero attached hydrogens (tertiary/aromatic N) is 1. The van der Waals surface area contributed by atoms with Crippen LogP contribution in [-0.2, 0) is 6.42 Å². The zero-order chi connectivity index (χ0) is 13.2. The molecule has 1 aromatic heterocycles. The molecule has 92 valence electrons. The molecule has 3 heteroatoms. The van der Waals surface area contributed by atoms with Crippen molar-refractivity contribution in [3.8, 4) is 17.3 Å². The zero-order valence-corrected chi connectivity index (χ0v) is 11.7. The maximum absolute atomic E-state index is 9.06. The molecule has 0 saturated carbocycles. The zero-order valence-electron chi connectivity index (χ0n) is 10.2. The van der Waals surface area contributed by atoms with Gasteiger partial charge in [-0.1, -0.05) is 46.3 Å². The normalized spacial score (nSPS) is 10.5. The number of benzene rings is 2. The first-order chi connectivity index (χ1) is 9.29. The third kappa shape index (κ3) is 2.16. The molecule has 0 spiro atoms. The van der Waals surface area contributed by atoms with Crippen molar-refractivity contribution in [2.45, 2.75) is 6.42 Å². The van der Waals surface area contributed by atoms with E-state index in [1.807, 2.05) is 30.3 Å². The molecule has 0 aliphatic carbocycles. The Balaban J connectivity index is 2.30. The first-order valence-corrected chi connectivity index (χ1v) is 6.81. The van der Waals surface area contributed by atoms with Gasteiger partial charge in [0.25, 0.3) is 0 Å². The van der Waals surface area contributed by atoms with Gasteiger partial charge in [-0.3, -0.25) is 0 Å². The van der Waals surface area contributed by atoms with Crippen molar-refractivity contribution in [2.75, 3.05) is 0 Å².